The largest absolute Gasteiger partial charge is 0.367 e. The van der Waals surface area contributed by atoms with Gasteiger partial charge in [-0.1, -0.05) is 17.7 Å². The highest BCUT2D eigenvalue weighted by atomic mass is 35.5. The Morgan fingerprint density at radius 3 is 2.30 bits per heavy atom. The monoisotopic (exact) mass is 397 g/mol. The summed E-state index contributed by atoms with van der Waals surface area (Å²) in [5, 5.41) is 3.58. The fraction of sp³-hybridized carbons (Fsp3) is 0.111. The zero-order valence-electron chi connectivity index (χ0n) is 13.9. The Morgan fingerprint density at radius 1 is 1.04 bits per heavy atom. The molecule has 0 unspecified atom stereocenters. The quantitative estimate of drug-likeness (QED) is 0.623. The molecule has 0 radical (unpaired) electrons. The fourth-order valence-electron chi connectivity index (χ4n) is 2.51. The summed E-state index contributed by atoms with van der Waals surface area (Å²) in [5.74, 6) is -3.22. The van der Waals surface area contributed by atoms with Gasteiger partial charge in [-0.05, 0) is 18.2 Å². The van der Waals surface area contributed by atoms with E-state index in [0.29, 0.717) is 10.7 Å². The molecule has 0 saturated heterocycles. The minimum atomic E-state index is -0.977. The van der Waals surface area contributed by atoms with Crippen LogP contribution in [0.2, 0.25) is 5.02 Å². The van der Waals surface area contributed by atoms with Crippen LogP contribution in [0.3, 0.4) is 0 Å². The highest BCUT2D eigenvalue weighted by molar-refractivity contribution is 6.33. The average molecular weight is 398 g/mol. The van der Waals surface area contributed by atoms with Crippen molar-refractivity contribution in [2.24, 2.45) is 0 Å². The van der Waals surface area contributed by atoms with Gasteiger partial charge in [0.05, 0.1) is 11.9 Å². The van der Waals surface area contributed by atoms with E-state index in [2.05, 4.69) is 5.10 Å². The van der Waals surface area contributed by atoms with E-state index in [-0.39, 0.29) is 28.5 Å². The van der Waals surface area contributed by atoms with Crippen LogP contribution in [-0.2, 0) is 6.54 Å². The maximum absolute atomic E-state index is 13.9. The van der Waals surface area contributed by atoms with Gasteiger partial charge in [0.2, 0.25) is 0 Å². The Morgan fingerprint density at radius 2 is 1.67 bits per heavy atom. The molecule has 140 valence electrons. The number of halogens is 5. The van der Waals surface area contributed by atoms with Crippen LogP contribution in [0.5, 0.6) is 0 Å². The van der Waals surface area contributed by atoms with E-state index in [1.807, 2.05) is 0 Å². The second-order valence-electron chi connectivity index (χ2n) is 5.75. The molecule has 1 heterocycles. The van der Waals surface area contributed by atoms with Gasteiger partial charge < -0.3 is 4.90 Å². The molecule has 1 aromatic heterocycles. The van der Waals surface area contributed by atoms with Crippen molar-refractivity contribution < 1.29 is 17.6 Å². The summed E-state index contributed by atoms with van der Waals surface area (Å²) in [6.45, 7) is -0.0120. The van der Waals surface area contributed by atoms with Gasteiger partial charge in [0, 0.05) is 31.3 Å². The maximum Gasteiger partial charge on any atom is 0.292 e. The molecule has 0 saturated carbocycles. The van der Waals surface area contributed by atoms with Crippen LogP contribution in [0.15, 0.2) is 47.4 Å². The van der Waals surface area contributed by atoms with Gasteiger partial charge in [-0.15, -0.1) is 0 Å². The molecule has 27 heavy (non-hydrogen) atoms. The number of hydrogen-bond donors (Lipinski definition) is 0. The molecule has 0 aliphatic heterocycles. The van der Waals surface area contributed by atoms with Crippen molar-refractivity contribution in [3.05, 3.63) is 86.8 Å². The number of aromatic nitrogens is 2. The van der Waals surface area contributed by atoms with E-state index in [0.717, 1.165) is 24.3 Å². The predicted molar refractivity (Wildman–Crippen MR) is 93.2 cm³/mol. The third-order valence-electron chi connectivity index (χ3n) is 3.87. The Balaban J connectivity index is 1.96. The van der Waals surface area contributed by atoms with Gasteiger partial charge in [-0.25, -0.2) is 17.6 Å². The number of anilines is 1. The molecule has 0 amide bonds. The molecule has 4 nitrogen and oxygen atoms in total. The van der Waals surface area contributed by atoms with Crippen LogP contribution >= 0.6 is 11.6 Å². The van der Waals surface area contributed by atoms with Crippen LogP contribution in [0.25, 0.3) is 5.69 Å². The summed E-state index contributed by atoms with van der Waals surface area (Å²) in [7, 11) is 1.54. The Hall–Kier alpha value is -2.87. The van der Waals surface area contributed by atoms with E-state index in [9.17, 15) is 22.4 Å². The first-order valence-corrected chi connectivity index (χ1v) is 8.04. The molecule has 0 aliphatic carbocycles. The Bertz CT molecular complexity index is 1070. The minimum Gasteiger partial charge on any atom is -0.367 e. The Labute approximate surface area is 156 Å². The summed E-state index contributed by atoms with van der Waals surface area (Å²) in [6.07, 6.45) is 1.20. The van der Waals surface area contributed by atoms with Crippen molar-refractivity contribution >= 4 is 17.3 Å². The second-order valence-corrected chi connectivity index (χ2v) is 6.13. The first kappa shape index (κ1) is 18.9. The van der Waals surface area contributed by atoms with E-state index in [1.54, 1.807) is 0 Å². The third-order valence-corrected chi connectivity index (χ3v) is 4.23. The van der Waals surface area contributed by atoms with Crippen LogP contribution in [0.4, 0.5) is 23.2 Å². The predicted octanol–water partition coefficient (Wildman–Crippen LogP) is 4.08. The van der Waals surface area contributed by atoms with Crippen LogP contribution < -0.4 is 10.5 Å². The van der Waals surface area contributed by atoms with Gasteiger partial charge in [-0.2, -0.15) is 9.78 Å². The second kappa shape index (κ2) is 7.40. The molecule has 0 N–H and O–H groups in total. The van der Waals surface area contributed by atoms with Crippen LogP contribution in [0, 0.1) is 23.3 Å². The van der Waals surface area contributed by atoms with Gasteiger partial charge in [0.1, 0.15) is 28.2 Å². The highest BCUT2D eigenvalue weighted by Crippen LogP contribution is 2.23. The lowest BCUT2D eigenvalue weighted by Gasteiger charge is -2.21. The number of benzene rings is 2. The fourth-order valence-corrected chi connectivity index (χ4v) is 2.78. The Kier molecular flexibility index (Phi) is 5.18. The molecule has 0 spiro atoms. The topological polar surface area (TPSA) is 38.1 Å². The maximum atomic E-state index is 13.9. The van der Waals surface area contributed by atoms with E-state index >= 15 is 0 Å². The van der Waals surface area contributed by atoms with Crippen LogP contribution in [-0.4, -0.2) is 16.8 Å². The lowest BCUT2D eigenvalue weighted by molar-refractivity contribution is 0.568. The lowest BCUT2D eigenvalue weighted by atomic mass is 10.2. The summed E-state index contributed by atoms with van der Waals surface area (Å²) < 4.78 is 54.5. The van der Waals surface area contributed by atoms with E-state index in [1.165, 1.54) is 24.2 Å². The molecule has 0 atom stereocenters. The number of hydrogen-bond acceptors (Lipinski definition) is 3. The van der Waals surface area contributed by atoms with Crippen molar-refractivity contribution in [3.8, 4) is 5.69 Å². The molecular weight excluding hydrogens is 386 g/mol. The van der Waals surface area contributed by atoms with Crippen molar-refractivity contribution in [2.45, 2.75) is 6.54 Å². The summed E-state index contributed by atoms with van der Waals surface area (Å²) in [5.41, 5.74) is -0.735. The summed E-state index contributed by atoms with van der Waals surface area (Å²) in [6, 6.07) is 5.80. The van der Waals surface area contributed by atoms with Gasteiger partial charge in [0.25, 0.3) is 5.56 Å². The van der Waals surface area contributed by atoms with Gasteiger partial charge in [0.15, 0.2) is 5.82 Å². The molecule has 9 heteroatoms. The molecule has 3 aromatic rings. The first-order chi connectivity index (χ1) is 12.8. The van der Waals surface area contributed by atoms with Crippen molar-refractivity contribution in [2.75, 3.05) is 11.9 Å². The third kappa shape index (κ3) is 3.80. The number of rotatable bonds is 4. The average Bonchev–Trinajstić information content (AvgIpc) is 2.60. The molecule has 0 bridgehead atoms. The van der Waals surface area contributed by atoms with Crippen molar-refractivity contribution in [1.82, 2.24) is 9.78 Å². The minimum absolute atomic E-state index is 0.0120. The molecular formula is C18H12ClF4N3O. The molecule has 0 fully saturated rings. The first-order valence-electron chi connectivity index (χ1n) is 7.66. The summed E-state index contributed by atoms with van der Waals surface area (Å²) >= 11 is 6.09. The standard InChI is InChI=1S/C18H12ClF4N3O/c1-25(9-10-2-3-11(20)6-13(10)22)16-8-24-26(18(27)17(16)19)15-5-4-12(21)7-14(15)23/h2-8H,9H2,1H3. The summed E-state index contributed by atoms with van der Waals surface area (Å²) in [4.78, 5) is 13.9. The zero-order valence-corrected chi connectivity index (χ0v) is 14.6. The van der Waals surface area contributed by atoms with Gasteiger partial charge in [-0.3, -0.25) is 4.79 Å². The normalized spacial score (nSPS) is 10.9. The van der Waals surface area contributed by atoms with Crippen molar-refractivity contribution in [3.63, 3.8) is 0 Å². The zero-order chi connectivity index (χ0) is 19.7. The smallest absolute Gasteiger partial charge is 0.292 e. The lowest BCUT2D eigenvalue weighted by Crippen LogP contribution is -2.27. The van der Waals surface area contributed by atoms with E-state index < -0.39 is 28.8 Å². The van der Waals surface area contributed by atoms with Gasteiger partial charge >= 0.3 is 0 Å². The van der Waals surface area contributed by atoms with Crippen molar-refractivity contribution in [1.29, 1.82) is 0 Å². The molecule has 0 aliphatic rings. The molecule has 3 rings (SSSR count). The SMILES string of the molecule is CN(Cc1ccc(F)cc1F)c1cnn(-c2ccc(F)cc2F)c(=O)c1Cl. The van der Waals surface area contributed by atoms with Crippen LogP contribution in [0.1, 0.15) is 5.56 Å². The highest BCUT2D eigenvalue weighted by Gasteiger charge is 2.17. The van der Waals surface area contributed by atoms with E-state index in [4.69, 9.17) is 11.6 Å². The molecule has 2 aromatic carbocycles. The number of nitrogens with zero attached hydrogens (tertiary/aromatic N) is 3.